The summed E-state index contributed by atoms with van der Waals surface area (Å²) in [5.41, 5.74) is 0. The molecule has 1 N–H and O–H groups in total. The van der Waals surface area contributed by atoms with Crippen LogP contribution in [-0.2, 0) is 9.84 Å². The van der Waals surface area contributed by atoms with Crippen LogP contribution in [0, 0.1) is 0 Å². The van der Waals surface area contributed by atoms with E-state index in [4.69, 9.17) is 0 Å². The molecule has 1 aromatic rings. The number of hydrogen-bond donors (Lipinski definition) is 1. The predicted octanol–water partition coefficient (Wildman–Crippen LogP) is 2.51. The van der Waals surface area contributed by atoms with Gasteiger partial charge in [0.15, 0.2) is 9.84 Å². The average molecular weight is 309 g/mol. The minimum Gasteiger partial charge on any atom is -0.367 e. The Labute approximate surface area is 126 Å². The normalized spacial score (nSPS) is 26.5. The molecule has 6 heteroatoms. The highest BCUT2D eigenvalue weighted by Gasteiger charge is 2.52. The summed E-state index contributed by atoms with van der Waals surface area (Å²) in [4.78, 5) is 8.79. The number of rotatable bonds is 3. The van der Waals surface area contributed by atoms with Gasteiger partial charge in [0.25, 0.3) is 0 Å². The van der Waals surface area contributed by atoms with Crippen LogP contribution in [0.4, 0.5) is 5.82 Å². The first-order valence-corrected chi connectivity index (χ1v) is 9.39. The Morgan fingerprint density at radius 2 is 2.14 bits per heavy atom. The topological polar surface area (TPSA) is 72.0 Å². The van der Waals surface area contributed by atoms with Crippen LogP contribution in [-0.4, -0.2) is 34.9 Å². The first-order valence-electron chi connectivity index (χ1n) is 7.74. The molecule has 116 valence electrons. The van der Waals surface area contributed by atoms with Crippen molar-refractivity contribution in [3.8, 4) is 0 Å². The number of sulfone groups is 1. The summed E-state index contributed by atoms with van der Waals surface area (Å²) in [6.45, 7) is 4.13. The molecule has 1 unspecified atom stereocenters. The molecule has 2 heterocycles. The van der Waals surface area contributed by atoms with Crippen molar-refractivity contribution in [2.75, 3.05) is 11.1 Å². The molecule has 1 aliphatic heterocycles. The van der Waals surface area contributed by atoms with Gasteiger partial charge in [0, 0.05) is 18.2 Å². The van der Waals surface area contributed by atoms with Crippen molar-refractivity contribution >= 4 is 15.7 Å². The summed E-state index contributed by atoms with van der Waals surface area (Å²) in [6.07, 6.45) is 5.85. The van der Waals surface area contributed by atoms with Gasteiger partial charge in [-0.15, -0.1) is 0 Å². The van der Waals surface area contributed by atoms with E-state index in [2.05, 4.69) is 29.1 Å². The van der Waals surface area contributed by atoms with Crippen LogP contribution in [0.1, 0.15) is 57.7 Å². The standard InChI is InChI=1S/C15H23N3O2S/c1-11(2)14-16-8-4-13(18-14)17-12-5-9-21(19,20)15(10-12)6-3-7-15/h4,8,11-12H,3,5-7,9-10H2,1-2H3,(H,16,17,18). The first kappa shape index (κ1) is 14.8. The lowest BCUT2D eigenvalue weighted by Gasteiger charge is -2.46. The van der Waals surface area contributed by atoms with Crippen LogP contribution in [0.2, 0.25) is 0 Å². The van der Waals surface area contributed by atoms with Crippen molar-refractivity contribution in [1.82, 2.24) is 9.97 Å². The van der Waals surface area contributed by atoms with E-state index in [0.29, 0.717) is 12.2 Å². The van der Waals surface area contributed by atoms with Gasteiger partial charge in [-0.2, -0.15) is 0 Å². The molecule has 1 aromatic heterocycles. The highest BCUT2D eigenvalue weighted by molar-refractivity contribution is 7.92. The van der Waals surface area contributed by atoms with Crippen LogP contribution >= 0.6 is 0 Å². The van der Waals surface area contributed by atoms with E-state index in [0.717, 1.165) is 37.3 Å². The summed E-state index contributed by atoms with van der Waals surface area (Å²) in [7, 11) is -2.91. The van der Waals surface area contributed by atoms with Crippen molar-refractivity contribution in [3.63, 3.8) is 0 Å². The van der Waals surface area contributed by atoms with Crippen LogP contribution in [0.15, 0.2) is 12.3 Å². The van der Waals surface area contributed by atoms with Gasteiger partial charge in [0.1, 0.15) is 11.6 Å². The Morgan fingerprint density at radius 1 is 1.38 bits per heavy atom. The Morgan fingerprint density at radius 3 is 2.76 bits per heavy atom. The van der Waals surface area contributed by atoms with E-state index < -0.39 is 14.6 Å². The van der Waals surface area contributed by atoms with E-state index in [1.807, 2.05) is 6.07 Å². The zero-order valence-electron chi connectivity index (χ0n) is 12.7. The third-order valence-corrected chi connectivity index (χ3v) is 7.49. The Bertz CT molecular complexity index is 624. The van der Waals surface area contributed by atoms with E-state index in [9.17, 15) is 8.42 Å². The molecule has 0 amide bonds. The minimum atomic E-state index is -2.91. The van der Waals surface area contributed by atoms with Gasteiger partial charge in [0.05, 0.1) is 10.5 Å². The maximum atomic E-state index is 12.3. The van der Waals surface area contributed by atoms with Gasteiger partial charge < -0.3 is 5.32 Å². The van der Waals surface area contributed by atoms with Crippen LogP contribution in [0.25, 0.3) is 0 Å². The van der Waals surface area contributed by atoms with Gasteiger partial charge in [-0.05, 0) is 31.7 Å². The van der Waals surface area contributed by atoms with Crippen molar-refractivity contribution in [2.24, 2.45) is 0 Å². The fraction of sp³-hybridized carbons (Fsp3) is 0.733. The van der Waals surface area contributed by atoms with Crippen molar-refractivity contribution in [2.45, 2.75) is 62.7 Å². The molecule has 21 heavy (non-hydrogen) atoms. The van der Waals surface area contributed by atoms with Crippen molar-refractivity contribution in [1.29, 1.82) is 0 Å². The highest BCUT2D eigenvalue weighted by Crippen LogP contribution is 2.46. The number of nitrogens with one attached hydrogen (secondary N) is 1. The highest BCUT2D eigenvalue weighted by atomic mass is 32.2. The smallest absolute Gasteiger partial charge is 0.156 e. The van der Waals surface area contributed by atoms with Gasteiger partial charge in [-0.3, -0.25) is 0 Å². The largest absolute Gasteiger partial charge is 0.367 e. The summed E-state index contributed by atoms with van der Waals surface area (Å²) in [5.74, 6) is 2.22. The fourth-order valence-corrected chi connectivity index (χ4v) is 5.74. The maximum absolute atomic E-state index is 12.3. The molecule has 3 rings (SSSR count). The first-order chi connectivity index (χ1) is 9.92. The van der Waals surface area contributed by atoms with E-state index in [1.54, 1.807) is 6.20 Å². The van der Waals surface area contributed by atoms with Crippen LogP contribution in [0.3, 0.4) is 0 Å². The quantitative estimate of drug-likeness (QED) is 0.929. The second-order valence-corrected chi connectivity index (χ2v) is 9.15. The molecular weight excluding hydrogens is 286 g/mol. The maximum Gasteiger partial charge on any atom is 0.156 e. The average Bonchev–Trinajstić information content (AvgIpc) is 2.39. The molecule has 5 nitrogen and oxygen atoms in total. The summed E-state index contributed by atoms with van der Waals surface area (Å²) in [5, 5.41) is 3.42. The summed E-state index contributed by atoms with van der Waals surface area (Å²) >= 11 is 0. The molecular formula is C15H23N3O2S. The van der Waals surface area contributed by atoms with Gasteiger partial charge in [-0.1, -0.05) is 20.3 Å². The van der Waals surface area contributed by atoms with Gasteiger partial charge >= 0.3 is 0 Å². The molecule has 2 fully saturated rings. The van der Waals surface area contributed by atoms with Crippen molar-refractivity contribution in [3.05, 3.63) is 18.1 Å². The third kappa shape index (κ3) is 2.65. The molecule has 1 aliphatic carbocycles. The molecule has 1 saturated carbocycles. The van der Waals surface area contributed by atoms with Crippen LogP contribution in [0.5, 0.6) is 0 Å². The zero-order chi connectivity index (χ0) is 15.1. The molecule has 1 spiro atoms. The second kappa shape index (κ2) is 5.23. The Kier molecular flexibility index (Phi) is 3.67. The second-order valence-electron chi connectivity index (χ2n) is 6.64. The molecule has 0 aromatic carbocycles. The molecule has 0 radical (unpaired) electrons. The molecule has 1 atom stereocenters. The number of hydrogen-bond acceptors (Lipinski definition) is 5. The molecule has 0 bridgehead atoms. The van der Waals surface area contributed by atoms with E-state index >= 15 is 0 Å². The third-order valence-electron chi connectivity index (χ3n) is 4.82. The summed E-state index contributed by atoms with van der Waals surface area (Å²) in [6, 6.07) is 2.06. The molecule has 1 saturated heterocycles. The van der Waals surface area contributed by atoms with Crippen LogP contribution < -0.4 is 5.32 Å². The molecule has 2 aliphatic rings. The minimum absolute atomic E-state index is 0.198. The number of anilines is 1. The van der Waals surface area contributed by atoms with Crippen molar-refractivity contribution < 1.29 is 8.42 Å². The summed E-state index contributed by atoms with van der Waals surface area (Å²) < 4.78 is 24.1. The Hall–Kier alpha value is -1.17. The predicted molar refractivity (Wildman–Crippen MR) is 83.1 cm³/mol. The van der Waals surface area contributed by atoms with E-state index in [1.165, 1.54) is 0 Å². The number of aromatic nitrogens is 2. The van der Waals surface area contributed by atoms with Gasteiger partial charge in [0.2, 0.25) is 0 Å². The van der Waals surface area contributed by atoms with E-state index in [-0.39, 0.29) is 12.0 Å². The lowest BCUT2D eigenvalue weighted by molar-refractivity contribution is 0.289. The Balaban J connectivity index is 1.73. The monoisotopic (exact) mass is 309 g/mol. The SMILES string of the molecule is CC(C)c1nccc(NC2CCS(=O)(=O)C3(CCC3)C2)n1. The lowest BCUT2D eigenvalue weighted by atomic mass is 9.79. The lowest BCUT2D eigenvalue weighted by Crippen LogP contribution is -2.53. The number of nitrogens with zero attached hydrogens (tertiary/aromatic N) is 2. The van der Waals surface area contributed by atoms with Gasteiger partial charge in [-0.25, -0.2) is 18.4 Å². The fourth-order valence-electron chi connectivity index (χ4n) is 3.34. The zero-order valence-corrected chi connectivity index (χ0v) is 13.5.